The summed E-state index contributed by atoms with van der Waals surface area (Å²) >= 11 is 0. The maximum atomic E-state index is 13.8. The Kier molecular flexibility index (Phi) is 10.7. The maximum absolute atomic E-state index is 13.8. The van der Waals surface area contributed by atoms with E-state index in [0.717, 1.165) is 28.6 Å². The highest BCUT2D eigenvalue weighted by Crippen LogP contribution is 2.31. The number of carbonyl (C=O) groups is 4. The van der Waals surface area contributed by atoms with Gasteiger partial charge in [0.15, 0.2) is 11.9 Å². The van der Waals surface area contributed by atoms with Crippen LogP contribution in [-0.4, -0.2) is 62.2 Å². The molecule has 15 heteroatoms. The fraction of sp³-hybridized carbons (Fsp3) is 0.382. The number of hydrogen-bond donors (Lipinski definition) is 4. The molecule has 0 aliphatic rings. The lowest BCUT2D eigenvalue weighted by Crippen LogP contribution is -2.59. The number of benzene rings is 2. The number of amides is 3. The van der Waals surface area contributed by atoms with Crippen molar-refractivity contribution < 1.29 is 41.8 Å². The molecule has 1 unspecified atom stereocenters. The summed E-state index contributed by atoms with van der Waals surface area (Å²) in [5.74, 6) is -2.09. The monoisotopic (exact) mass is 684 g/mol. The van der Waals surface area contributed by atoms with Gasteiger partial charge in [0.25, 0.3) is 0 Å². The van der Waals surface area contributed by atoms with E-state index in [2.05, 4.69) is 25.9 Å². The van der Waals surface area contributed by atoms with E-state index < -0.39 is 58.8 Å². The summed E-state index contributed by atoms with van der Waals surface area (Å²) in [5, 5.41) is 8.73. The van der Waals surface area contributed by atoms with E-state index >= 15 is 0 Å². The number of aromatic amines is 1. The molecular weight excluding hydrogens is 645 g/mol. The van der Waals surface area contributed by atoms with E-state index in [0.29, 0.717) is 0 Å². The first-order valence-corrected chi connectivity index (χ1v) is 15.4. The molecule has 2 heterocycles. The zero-order chi connectivity index (χ0) is 36.1. The van der Waals surface area contributed by atoms with Gasteiger partial charge in [0.05, 0.1) is 18.5 Å². The molecule has 3 amide bonds. The first kappa shape index (κ1) is 36.5. The largest absolute Gasteiger partial charge is 0.464 e. The SMILES string of the molecule is CCOC(=O)C(c1ccc(C(F)(F)F)cc1)n1cnc(NC(=O)[C@@H](Cc2c[nH]c3ccccc23)NC(=O)C(C)(C)NC(=O)OC(C)(C)C)c1. The molecule has 12 nitrogen and oxygen atoms in total. The fourth-order valence-corrected chi connectivity index (χ4v) is 4.95. The van der Waals surface area contributed by atoms with E-state index in [1.807, 2.05) is 24.3 Å². The van der Waals surface area contributed by atoms with Crippen molar-refractivity contribution in [3.63, 3.8) is 0 Å². The molecule has 0 spiro atoms. The summed E-state index contributed by atoms with van der Waals surface area (Å²) in [7, 11) is 0. The lowest BCUT2D eigenvalue weighted by molar-refractivity contribution is -0.145. The average molecular weight is 685 g/mol. The zero-order valence-electron chi connectivity index (χ0n) is 27.9. The van der Waals surface area contributed by atoms with Crippen LogP contribution in [0.15, 0.2) is 67.3 Å². The number of nitrogens with one attached hydrogen (secondary N) is 4. The second kappa shape index (κ2) is 14.4. The summed E-state index contributed by atoms with van der Waals surface area (Å²) in [6.45, 7) is 9.58. The number of aromatic nitrogens is 3. The second-order valence-electron chi connectivity index (χ2n) is 12.8. The molecule has 262 valence electrons. The number of ether oxygens (including phenoxy) is 2. The number of fused-ring (bicyclic) bond motifs is 1. The molecule has 0 bridgehead atoms. The Morgan fingerprint density at radius 1 is 0.980 bits per heavy atom. The van der Waals surface area contributed by atoms with Crippen molar-refractivity contribution in [1.29, 1.82) is 0 Å². The lowest BCUT2D eigenvalue weighted by atomic mass is 10.0. The maximum Gasteiger partial charge on any atom is 0.416 e. The van der Waals surface area contributed by atoms with Crippen LogP contribution in [0, 0.1) is 0 Å². The van der Waals surface area contributed by atoms with Gasteiger partial charge in [-0.1, -0.05) is 30.3 Å². The van der Waals surface area contributed by atoms with Crippen LogP contribution >= 0.6 is 0 Å². The third kappa shape index (κ3) is 9.39. The van der Waals surface area contributed by atoms with Gasteiger partial charge < -0.3 is 35.0 Å². The Labute approximate surface area is 280 Å². The van der Waals surface area contributed by atoms with Crippen LogP contribution in [0.25, 0.3) is 10.9 Å². The lowest BCUT2D eigenvalue weighted by Gasteiger charge is -2.29. The van der Waals surface area contributed by atoms with Crippen LogP contribution in [0.2, 0.25) is 0 Å². The van der Waals surface area contributed by atoms with Crippen molar-refractivity contribution in [1.82, 2.24) is 25.2 Å². The standard InChI is InChI=1S/C34H39F3N6O6/c1-7-48-29(45)27(20-12-14-22(15-13-20)34(35,36)37)43-18-26(39-19-43)41-28(44)25(16-21-17-38-24-11-9-8-10-23(21)24)40-30(46)33(5,6)42-31(47)49-32(2,3)4/h8-15,17-19,25,27,38H,7,16H2,1-6H3,(H,40,46)(H,41,44)(H,42,47)/t25-,27?/m1/s1. The van der Waals surface area contributed by atoms with Crippen LogP contribution in [0.5, 0.6) is 0 Å². The Balaban J connectivity index is 1.59. The van der Waals surface area contributed by atoms with Gasteiger partial charge in [-0.3, -0.25) is 9.59 Å². The van der Waals surface area contributed by atoms with E-state index in [1.54, 1.807) is 33.9 Å². The number of alkyl carbamates (subject to hydrolysis) is 1. The molecule has 2 atom stereocenters. The third-order valence-electron chi connectivity index (χ3n) is 7.32. The Morgan fingerprint density at radius 2 is 1.65 bits per heavy atom. The van der Waals surface area contributed by atoms with Gasteiger partial charge in [-0.05, 0) is 70.9 Å². The van der Waals surface area contributed by atoms with Crippen LogP contribution in [-0.2, 0) is 36.5 Å². The van der Waals surface area contributed by atoms with Crippen LogP contribution in [0.4, 0.5) is 23.8 Å². The predicted octanol–water partition coefficient (Wildman–Crippen LogP) is 5.51. The fourth-order valence-electron chi connectivity index (χ4n) is 4.95. The Morgan fingerprint density at radius 3 is 2.29 bits per heavy atom. The molecule has 0 aliphatic heterocycles. The number of nitrogens with zero attached hydrogens (tertiary/aromatic N) is 2. The average Bonchev–Trinajstić information content (AvgIpc) is 3.62. The molecule has 2 aromatic heterocycles. The quantitative estimate of drug-likeness (QED) is 0.152. The molecule has 0 saturated heterocycles. The smallest absolute Gasteiger partial charge is 0.416 e. The number of H-pyrrole nitrogens is 1. The first-order chi connectivity index (χ1) is 22.9. The van der Waals surface area contributed by atoms with E-state index in [1.165, 1.54) is 43.1 Å². The third-order valence-corrected chi connectivity index (χ3v) is 7.32. The summed E-state index contributed by atoms with van der Waals surface area (Å²) in [6, 6.07) is 9.10. The summed E-state index contributed by atoms with van der Waals surface area (Å²) in [6.07, 6.45) is -1.05. The van der Waals surface area contributed by atoms with Crippen molar-refractivity contribution in [2.75, 3.05) is 11.9 Å². The topological polar surface area (TPSA) is 156 Å². The molecule has 0 radical (unpaired) electrons. The summed E-state index contributed by atoms with van der Waals surface area (Å²) in [5.41, 5.74) is -1.43. The molecule has 0 saturated carbocycles. The van der Waals surface area contributed by atoms with Gasteiger partial charge >= 0.3 is 18.2 Å². The van der Waals surface area contributed by atoms with E-state index in [-0.39, 0.29) is 24.4 Å². The molecule has 0 fully saturated rings. The number of para-hydroxylation sites is 1. The van der Waals surface area contributed by atoms with Crippen LogP contribution < -0.4 is 16.0 Å². The molecule has 4 rings (SSSR count). The Bertz CT molecular complexity index is 1810. The minimum Gasteiger partial charge on any atom is -0.464 e. The Hall–Kier alpha value is -5.34. The molecule has 49 heavy (non-hydrogen) atoms. The second-order valence-corrected chi connectivity index (χ2v) is 12.8. The predicted molar refractivity (Wildman–Crippen MR) is 174 cm³/mol. The van der Waals surface area contributed by atoms with E-state index in [9.17, 15) is 32.3 Å². The number of carbonyl (C=O) groups excluding carboxylic acids is 4. The van der Waals surface area contributed by atoms with Gasteiger partial charge in [0, 0.05) is 29.7 Å². The number of alkyl halides is 3. The number of hydrogen-bond acceptors (Lipinski definition) is 7. The van der Waals surface area contributed by atoms with E-state index in [4.69, 9.17) is 9.47 Å². The number of anilines is 1. The van der Waals surface area contributed by atoms with Crippen molar-refractivity contribution >= 4 is 40.6 Å². The van der Waals surface area contributed by atoms with Gasteiger partial charge in [-0.2, -0.15) is 13.2 Å². The van der Waals surface area contributed by atoms with Gasteiger partial charge in [-0.25, -0.2) is 14.6 Å². The zero-order valence-corrected chi connectivity index (χ0v) is 27.9. The van der Waals surface area contributed by atoms with Gasteiger partial charge in [0.1, 0.15) is 17.2 Å². The van der Waals surface area contributed by atoms with Crippen molar-refractivity contribution in [3.8, 4) is 0 Å². The van der Waals surface area contributed by atoms with Crippen molar-refractivity contribution in [2.45, 2.75) is 77.4 Å². The minimum absolute atomic E-state index is 0.00414. The normalized spacial score (nSPS) is 13.3. The highest BCUT2D eigenvalue weighted by Gasteiger charge is 2.35. The summed E-state index contributed by atoms with van der Waals surface area (Å²) < 4.78 is 51.3. The summed E-state index contributed by atoms with van der Waals surface area (Å²) in [4.78, 5) is 60.0. The van der Waals surface area contributed by atoms with Crippen LogP contribution in [0.3, 0.4) is 0 Å². The van der Waals surface area contributed by atoms with Gasteiger partial charge in [-0.15, -0.1) is 0 Å². The minimum atomic E-state index is -4.57. The first-order valence-electron chi connectivity index (χ1n) is 15.4. The number of esters is 1. The highest BCUT2D eigenvalue weighted by atomic mass is 19.4. The number of rotatable bonds is 11. The van der Waals surface area contributed by atoms with Crippen molar-refractivity contribution in [3.05, 3.63) is 83.9 Å². The van der Waals surface area contributed by atoms with Crippen LogP contribution in [0.1, 0.15) is 64.3 Å². The molecule has 4 aromatic rings. The molecule has 2 aromatic carbocycles. The highest BCUT2D eigenvalue weighted by molar-refractivity contribution is 5.99. The molecular formula is C34H39F3N6O6. The van der Waals surface area contributed by atoms with Gasteiger partial charge in [0.2, 0.25) is 11.8 Å². The van der Waals surface area contributed by atoms with Crippen molar-refractivity contribution in [2.24, 2.45) is 0 Å². The number of halogens is 3. The number of imidazole rings is 1. The molecule has 0 aliphatic carbocycles. The molecule has 4 N–H and O–H groups in total.